The van der Waals surface area contributed by atoms with Crippen molar-refractivity contribution < 1.29 is 24.1 Å². The second-order valence-corrected chi connectivity index (χ2v) is 15.0. The SMILES string of the molecule is C/C(=C\[C@H](C(C)C)N(C)C(=O)C(NC(=O)[C@H]1CCCCN1C(C)C)C(C)(C)C)C(=O)N1CCCC1C(=O)NCc1ccc([N+](=O)[O-])cc1. The van der Waals surface area contributed by atoms with Crippen LogP contribution in [0.25, 0.3) is 0 Å². The molecule has 0 radical (unpaired) electrons. The van der Waals surface area contributed by atoms with Crippen molar-refractivity contribution in [1.82, 2.24) is 25.3 Å². The van der Waals surface area contributed by atoms with Gasteiger partial charge in [-0.05, 0) is 69.9 Å². The zero-order valence-electron chi connectivity index (χ0n) is 30.2. The summed E-state index contributed by atoms with van der Waals surface area (Å²) in [4.78, 5) is 70.6. The standard InChI is InChI=1S/C36H56N6O6/c1-23(2)30(39(9)35(46)31(36(6,7)8)38-33(44)29-13-10-11-19-40(29)24(3)4)21-25(5)34(45)41-20-12-14-28(41)32(43)37-22-26-15-17-27(18-16-26)42(47)48/h15-18,21,23-24,28-31H,10-14,19-20,22H2,1-9H3,(H,37,43)(H,38,44)/b25-21+/t28?,29-,30-,31?/m1/s1. The Morgan fingerprint density at radius 3 is 2.17 bits per heavy atom. The summed E-state index contributed by atoms with van der Waals surface area (Å²) in [5.41, 5.74) is 0.575. The highest BCUT2D eigenvalue weighted by molar-refractivity contribution is 5.97. The minimum Gasteiger partial charge on any atom is -0.350 e. The third kappa shape index (κ3) is 9.64. The molecule has 2 unspecified atom stereocenters. The van der Waals surface area contributed by atoms with Crippen molar-refractivity contribution >= 4 is 29.3 Å². The highest BCUT2D eigenvalue weighted by Crippen LogP contribution is 2.27. The van der Waals surface area contributed by atoms with E-state index in [0.29, 0.717) is 30.5 Å². The zero-order chi connectivity index (χ0) is 35.9. The normalized spacial score (nSPS) is 20.4. The van der Waals surface area contributed by atoms with Gasteiger partial charge in [-0.1, -0.05) is 59.2 Å². The number of hydrogen-bond donors (Lipinski definition) is 2. The first kappa shape index (κ1) is 38.6. The number of nitro benzene ring substituents is 1. The number of benzene rings is 1. The minimum atomic E-state index is -0.765. The van der Waals surface area contributed by atoms with Crippen molar-refractivity contribution in [2.24, 2.45) is 11.3 Å². The van der Waals surface area contributed by atoms with Gasteiger partial charge in [-0.3, -0.25) is 34.2 Å². The van der Waals surface area contributed by atoms with E-state index in [1.807, 2.05) is 34.6 Å². The average molecular weight is 669 g/mol. The maximum atomic E-state index is 14.1. The summed E-state index contributed by atoms with van der Waals surface area (Å²) >= 11 is 0. The Morgan fingerprint density at radius 1 is 0.979 bits per heavy atom. The van der Waals surface area contributed by atoms with Crippen LogP contribution in [0.5, 0.6) is 0 Å². The van der Waals surface area contributed by atoms with E-state index in [1.54, 1.807) is 42.0 Å². The summed E-state index contributed by atoms with van der Waals surface area (Å²) in [5.74, 6) is -0.923. The zero-order valence-corrected chi connectivity index (χ0v) is 30.2. The lowest BCUT2D eigenvalue weighted by atomic mass is 9.84. The molecule has 2 N–H and O–H groups in total. The van der Waals surface area contributed by atoms with E-state index in [0.717, 1.165) is 25.8 Å². The molecule has 2 aliphatic heterocycles. The molecule has 2 heterocycles. The van der Waals surface area contributed by atoms with Crippen LogP contribution in [0.3, 0.4) is 0 Å². The number of likely N-dealkylation sites (tertiary alicyclic amines) is 2. The van der Waals surface area contributed by atoms with Crippen LogP contribution >= 0.6 is 0 Å². The average Bonchev–Trinajstić information content (AvgIpc) is 3.53. The van der Waals surface area contributed by atoms with Gasteiger partial charge in [0.05, 0.1) is 17.0 Å². The van der Waals surface area contributed by atoms with Crippen LogP contribution in [-0.4, -0.2) is 93.6 Å². The number of nitrogens with zero attached hydrogens (tertiary/aromatic N) is 4. The first-order valence-electron chi connectivity index (χ1n) is 17.3. The number of carbonyl (C=O) groups is 4. The Labute approximate surface area is 285 Å². The lowest BCUT2D eigenvalue weighted by Gasteiger charge is -2.41. The van der Waals surface area contributed by atoms with Crippen LogP contribution in [0.4, 0.5) is 5.69 Å². The third-order valence-corrected chi connectivity index (χ3v) is 9.58. The Morgan fingerprint density at radius 2 is 1.60 bits per heavy atom. The molecule has 3 rings (SSSR count). The van der Waals surface area contributed by atoms with E-state index in [-0.39, 0.29) is 53.9 Å². The molecule has 0 spiro atoms. The topological polar surface area (TPSA) is 145 Å². The Hall–Kier alpha value is -3.80. The number of piperidine rings is 1. The summed E-state index contributed by atoms with van der Waals surface area (Å²) in [5, 5.41) is 16.9. The number of likely N-dealkylation sites (N-methyl/N-ethyl adjacent to an activating group) is 1. The van der Waals surface area contributed by atoms with Crippen molar-refractivity contribution in [3.05, 3.63) is 51.6 Å². The summed E-state index contributed by atoms with van der Waals surface area (Å²) in [6.07, 6.45) is 5.80. The molecular formula is C36H56N6O6. The molecule has 4 atom stereocenters. The van der Waals surface area contributed by atoms with Crippen LogP contribution in [0.1, 0.15) is 93.1 Å². The van der Waals surface area contributed by atoms with Gasteiger partial charge in [0, 0.05) is 43.9 Å². The Bertz CT molecular complexity index is 1350. The fourth-order valence-electron chi connectivity index (χ4n) is 6.72. The summed E-state index contributed by atoms with van der Waals surface area (Å²) in [6, 6.07) is 4.09. The van der Waals surface area contributed by atoms with E-state index in [9.17, 15) is 29.3 Å². The number of carbonyl (C=O) groups excluding carboxylic acids is 4. The highest BCUT2D eigenvalue weighted by atomic mass is 16.6. The second kappa shape index (κ2) is 16.5. The molecule has 2 fully saturated rings. The van der Waals surface area contributed by atoms with Gasteiger partial charge in [0.15, 0.2) is 0 Å². The van der Waals surface area contributed by atoms with Gasteiger partial charge < -0.3 is 20.4 Å². The molecule has 0 aliphatic carbocycles. The van der Waals surface area contributed by atoms with Crippen molar-refractivity contribution in [2.45, 2.75) is 124 Å². The van der Waals surface area contributed by atoms with E-state index in [4.69, 9.17) is 0 Å². The smallest absolute Gasteiger partial charge is 0.269 e. The van der Waals surface area contributed by atoms with Gasteiger partial charge in [0.1, 0.15) is 12.1 Å². The fourth-order valence-corrected chi connectivity index (χ4v) is 6.72. The van der Waals surface area contributed by atoms with Crippen LogP contribution < -0.4 is 10.6 Å². The molecular weight excluding hydrogens is 612 g/mol. The van der Waals surface area contributed by atoms with Crippen molar-refractivity contribution in [3.8, 4) is 0 Å². The fraction of sp³-hybridized carbons (Fsp3) is 0.667. The molecule has 12 nitrogen and oxygen atoms in total. The highest BCUT2D eigenvalue weighted by Gasteiger charge is 2.40. The lowest BCUT2D eigenvalue weighted by molar-refractivity contribution is -0.384. The first-order valence-corrected chi connectivity index (χ1v) is 17.3. The Balaban J connectivity index is 1.73. The number of nitro groups is 1. The molecule has 48 heavy (non-hydrogen) atoms. The summed E-state index contributed by atoms with van der Waals surface area (Å²) < 4.78 is 0. The maximum Gasteiger partial charge on any atom is 0.269 e. The molecule has 0 bridgehead atoms. The van der Waals surface area contributed by atoms with E-state index < -0.39 is 28.5 Å². The van der Waals surface area contributed by atoms with Crippen molar-refractivity contribution in [2.75, 3.05) is 20.1 Å². The molecule has 2 saturated heterocycles. The molecule has 12 heteroatoms. The van der Waals surface area contributed by atoms with Crippen molar-refractivity contribution in [3.63, 3.8) is 0 Å². The van der Waals surface area contributed by atoms with Crippen molar-refractivity contribution in [1.29, 1.82) is 0 Å². The van der Waals surface area contributed by atoms with E-state index in [2.05, 4.69) is 29.4 Å². The lowest BCUT2D eigenvalue weighted by Crippen LogP contribution is -2.60. The van der Waals surface area contributed by atoms with E-state index >= 15 is 0 Å². The first-order chi connectivity index (χ1) is 22.4. The van der Waals surface area contributed by atoms with Crippen LogP contribution in [-0.2, 0) is 25.7 Å². The van der Waals surface area contributed by atoms with E-state index in [1.165, 1.54) is 12.1 Å². The van der Waals surface area contributed by atoms with Crippen LogP contribution in [0.2, 0.25) is 0 Å². The van der Waals surface area contributed by atoms with Gasteiger partial charge in [0.25, 0.3) is 5.69 Å². The summed E-state index contributed by atoms with van der Waals surface area (Å²) in [7, 11) is 1.72. The number of rotatable bonds is 12. The van der Waals surface area contributed by atoms with Crippen LogP contribution in [0, 0.1) is 21.4 Å². The Kier molecular flexibility index (Phi) is 13.3. The maximum absolute atomic E-state index is 14.1. The molecule has 4 amide bonds. The molecule has 2 aliphatic rings. The monoisotopic (exact) mass is 668 g/mol. The number of amides is 4. The van der Waals surface area contributed by atoms with Gasteiger partial charge in [-0.25, -0.2) is 0 Å². The van der Waals surface area contributed by atoms with Gasteiger partial charge in [-0.15, -0.1) is 0 Å². The minimum absolute atomic E-state index is 0.0250. The van der Waals surface area contributed by atoms with Gasteiger partial charge in [0.2, 0.25) is 23.6 Å². The quantitative estimate of drug-likeness (QED) is 0.191. The number of hydrogen-bond acceptors (Lipinski definition) is 7. The number of nitrogens with one attached hydrogen (secondary N) is 2. The van der Waals surface area contributed by atoms with Gasteiger partial charge >= 0.3 is 0 Å². The largest absolute Gasteiger partial charge is 0.350 e. The molecule has 0 aromatic heterocycles. The molecule has 0 saturated carbocycles. The number of non-ortho nitro benzene ring substituents is 1. The van der Waals surface area contributed by atoms with Crippen LogP contribution in [0.15, 0.2) is 35.9 Å². The molecule has 266 valence electrons. The third-order valence-electron chi connectivity index (χ3n) is 9.58. The second-order valence-electron chi connectivity index (χ2n) is 15.0. The van der Waals surface area contributed by atoms with Gasteiger partial charge in [-0.2, -0.15) is 0 Å². The predicted octanol–water partition coefficient (Wildman–Crippen LogP) is 4.43. The molecule has 1 aromatic carbocycles. The summed E-state index contributed by atoms with van der Waals surface area (Å²) in [6.45, 7) is 17.2. The molecule has 1 aromatic rings. The predicted molar refractivity (Wildman–Crippen MR) is 186 cm³/mol.